The first-order valence-corrected chi connectivity index (χ1v) is 7.13. The van der Waals surface area contributed by atoms with E-state index in [1.54, 1.807) is 12.1 Å². The fraction of sp³-hybridized carbons (Fsp3) is 0.353. The van der Waals surface area contributed by atoms with Crippen LogP contribution in [0.3, 0.4) is 0 Å². The van der Waals surface area contributed by atoms with Gasteiger partial charge in [0.1, 0.15) is 0 Å². The van der Waals surface area contributed by atoms with Crippen LogP contribution in [0.1, 0.15) is 47.7 Å². The van der Waals surface area contributed by atoms with Crippen LogP contribution in [0.2, 0.25) is 0 Å². The molecule has 4 heteroatoms. The van der Waals surface area contributed by atoms with E-state index in [0.29, 0.717) is 18.5 Å². The molecule has 1 aromatic carbocycles. The number of imide groups is 1. The summed E-state index contributed by atoms with van der Waals surface area (Å²) in [4.78, 5) is 36.5. The van der Waals surface area contributed by atoms with E-state index in [1.807, 2.05) is 19.1 Å². The molecule has 4 nitrogen and oxygen atoms in total. The van der Waals surface area contributed by atoms with Crippen molar-refractivity contribution in [2.24, 2.45) is 0 Å². The molecule has 0 aromatic heterocycles. The summed E-state index contributed by atoms with van der Waals surface area (Å²) in [5.41, 5.74) is 2.35. The zero-order chi connectivity index (χ0) is 15.4. The van der Waals surface area contributed by atoms with Crippen molar-refractivity contribution in [1.29, 1.82) is 0 Å². The lowest BCUT2D eigenvalue weighted by Gasteiger charge is -2.23. The summed E-state index contributed by atoms with van der Waals surface area (Å²) in [6.07, 6.45) is 5.21. The van der Waals surface area contributed by atoms with Gasteiger partial charge in [0.25, 0.3) is 5.91 Å². The lowest BCUT2D eigenvalue weighted by Crippen LogP contribution is -2.39. The Morgan fingerprint density at radius 3 is 2.67 bits per heavy atom. The van der Waals surface area contributed by atoms with E-state index in [1.165, 1.54) is 17.9 Å². The number of benzene rings is 1. The van der Waals surface area contributed by atoms with Gasteiger partial charge in [-0.1, -0.05) is 12.1 Å². The summed E-state index contributed by atoms with van der Waals surface area (Å²) < 4.78 is 0. The van der Waals surface area contributed by atoms with Crippen molar-refractivity contribution < 1.29 is 14.4 Å². The summed E-state index contributed by atoms with van der Waals surface area (Å²) in [7, 11) is 0. The standard InChI is InChI=1S/C17H19NO3/c1-12-6-7-14(11-15(12)13(2)19)8-9-17(21)18-10-4-3-5-16(18)20/h6-9,11H,3-5,10H2,1-2H3/b9-8+. The van der Waals surface area contributed by atoms with E-state index < -0.39 is 0 Å². The van der Waals surface area contributed by atoms with Gasteiger partial charge in [-0.2, -0.15) is 0 Å². The minimum atomic E-state index is -0.287. The van der Waals surface area contributed by atoms with Crippen molar-refractivity contribution in [3.63, 3.8) is 0 Å². The Hall–Kier alpha value is -2.23. The monoisotopic (exact) mass is 285 g/mol. The van der Waals surface area contributed by atoms with Gasteiger partial charge in [-0.3, -0.25) is 19.3 Å². The Kier molecular flexibility index (Phi) is 4.68. The van der Waals surface area contributed by atoms with E-state index >= 15 is 0 Å². The maximum absolute atomic E-state index is 12.0. The molecule has 1 aliphatic heterocycles. The first-order chi connectivity index (χ1) is 9.99. The number of hydrogen-bond donors (Lipinski definition) is 0. The highest BCUT2D eigenvalue weighted by Crippen LogP contribution is 2.15. The number of likely N-dealkylation sites (tertiary alicyclic amines) is 1. The molecule has 0 atom stereocenters. The van der Waals surface area contributed by atoms with Crippen LogP contribution in [0.4, 0.5) is 0 Å². The van der Waals surface area contributed by atoms with Crippen LogP contribution in [0, 0.1) is 6.92 Å². The molecule has 2 amide bonds. The molecule has 1 aliphatic rings. The molecule has 1 aromatic rings. The summed E-state index contributed by atoms with van der Waals surface area (Å²) in [6, 6.07) is 5.47. The molecule has 1 fully saturated rings. The Bertz CT molecular complexity index is 616. The number of amides is 2. The van der Waals surface area contributed by atoms with E-state index in [-0.39, 0.29) is 17.6 Å². The van der Waals surface area contributed by atoms with Crippen molar-refractivity contribution in [1.82, 2.24) is 4.90 Å². The van der Waals surface area contributed by atoms with Gasteiger partial charge in [-0.05, 0) is 50.0 Å². The molecular formula is C17H19NO3. The van der Waals surface area contributed by atoms with Crippen LogP contribution in [0.15, 0.2) is 24.3 Å². The number of Topliss-reactive ketones (excluding diaryl/α,β-unsaturated/α-hetero) is 1. The van der Waals surface area contributed by atoms with E-state index in [2.05, 4.69) is 0 Å². The van der Waals surface area contributed by atoms with Crippen molar-refractivity contribution in [2.45, 2.75) is 33.1 Å². The van der Waals surface area contributed by atoms with Crippen molar-refractivity contribution in [3.05, 3.63) is 41.0 Å². The van der Waals surface area contributed by atoms with E-state index in [4.69, 9.17) is 0 Å². The third-order valence-electron chi connectivity index (χ3n) is 3.65. The third kappa shape index (κ3) is 3.66. The van der Waals surface area contributed by atoms with Crippen LogP contribution >= 0.6 is 0 Å². The van der Waals surface area contributed by atoms with Crippen molar-refractivity contribution in [2.75, 3.05) is 6.54 Å². The average Bonchev–Trinajstić information content (AvgIpc) is 2.46. The normalized spacial score (nSPS) is 15.5. The highest BCUT2D eigenvalue weighted by Gasteiger charge is 2.22. The maximum atomic E-state index is 12.0. The largest absolute Gasteiger partial charge is 0.295 e. The van der Waals surface area contributed by atoms with Crippen LogP contribution in [-0.2, 0) is 9.59 Å². The van der Waals surface area contributed by atoms with Gasteiger partial charge in [0.2, 0.25) is 5.91 Å². The molecule has 110 valence electrons. The molecule has 0 saturated carbocycles. The second-order valence-corrected chi connectivity index (χ2v) is 5.30. The first kappa shape index (κ1) is 15.2. The van der Waals surface area contributed by atoms with Gasteiger partial charge < -0.3 is 0 Å². The van der Waals surface area contributed by atoms with Gasteiger partial charge in [-0.25, -0.2) is 0 Å². The van der Waals surface area contributed by atoms with Crippen LogP contribution in [0.5, 0.6) is 0 Å². The number of nitrogens with zero attached hydrogens (tertiary/aromatic N) is 1. The molecule has 0 unspecified atom stereocenters. The topological polar surface area (TPSA) is 54.5 Å². The van der Waals surface area contributed by atoms with Gasteiger partial charge in [-0.15, -0.1) is 0 Å². The van der Waals surface area contributed by atoms with E-state index in [0.717, 1.165) is 24.0 Å². The second-order valence-electron chi connectivity index (χ2n) is 5.30. The molecule has 0 aliphatic carbocycles. The molecule has 21 heavy (non-hydrogen) atoms. The predicted molar refractivity (Wildman–Crippen MR) is 80.8 cm³/mol. The number of aryl methyl sites for hydroxylation is 1. The number of rotatable bonds is 3. The molecule has 0 N–H and O–H groups in total. The Morgan fingerprint density at radius 2 is 2.00 bits per heavy atom. The molecule has 1 heterocycles. The van der Waals surface area contributed by atoms with Crippen molar-refractivity contribution >= 4 is 23.7 Å². The Balaban J connectivity index is 2.13. The number of ketones is 1. The maximum Gasteiger partial charge on any atom is 0.253 e. The highest BCUT2D eigenvalue weighted by atomic mass is 16.2. The SMILES string of the molecule is CC(=O)c1cc(/C=C/C(=O)N2CCCCC2=O)ccc1C. The zero-order valence-corrected chi connectivity index (χ0v) is 12.4. The average molecular weight is 285 g/mol. The summed E-state index contributed by atoms with van der Waals surface area (Å²) in [5.74, 6) is -0.394. The number of carbonyl (C=O) groups excluding carboxylic acids is 3. The second kappa shape index (κ2) is 6.48. The fourth-order valence-corrected chi connectivity index (χ4v) is 2.42. The zero-order valence-electron chi connectivity index (χ0n) is 12.4. The summed E-state index contributed by atoms with van der Waals surface area (Å²) in [5, 5.41) is 0. The highest BCUT2D eigenvalue weighted by molar-refractivity contribution is 6.03. The Labute approximate surface area is 124 Å². The minimum absolute atomic E-state index is 0.000264. The number of hydrogen-bond acceptors (Lipinski definition) is 3. The van der Waals surface area contributed by atoms with Gasteiger partial charge in [0, 0.05) is 24.6 Å². The Morgan fingerprint density at radius 1 is 1.24 bits per heavy atom. The lowest BCUT2D eigenvalue weighted by molar-refractivity contribution is -0.143. The third-order valence-corrected chi connectivity index (χ3v) is 3.65. The quantitative estimate of drug-likeness (QED) is 0.634. The van der Waals surface area contributed by atoms with Gasteiger partial charge in [0.05, 0.1) is 0 Å². The first-order valence-electron chi connectivity index (χ1n) is 7.13. The van der Waals surface area contributed by atoms with E-state index in [9.17, 15) is 14.4 Å². The lowest BCUT2D eigenvalue weighted by atomic mass is 10.0. The number of carbonyl (C=O) groups is 3. The fourth-order valence-electron chi connectivity index (χ4n) is 2.42. The van der Waals surface area contributed by atoms with Gasteiger partial charge in [0.15, 0.2) is 5.78 Å². The molecule has 2 rings (SSSR count). The molecule has 0 bridgehead atoms. The molecule has 1 saturated heterocycles. The summed E-state index contributed by atoms with van der Waals surface area (Å²) in [6.45, 7) is 3.89. The van der Waals surface area contributed by atoms with Crippen molar-refractivity contribution in [3.8, 4) is 0 Å². The van der Waals surface area contributed by atoms with Gasteiger partial charge >= 0.3 is 0 Å². The smallest absolute Gasteiger partial charge is 0.253 e. The summed E-state index contributed by atoms with van der Waals surface area (Å²) >= 11 is 0. The van der Waals surface area contributed by atoms with Crippen LogP contribution < -0.4 is 0 Å². The molecule has 0 spiro atoms. The molecule has 0 radical (unpaired) electrons. The van der Waals surface area contributed by atoms with Crippen LogP contribution in [-0.4, -0.2) is 29.0 Å². The van der Waals surface area contributed by atoms with Crippen LogP contribution in [0.25, 0.3) is 6.08 Å². The minimum Gasteiger partial charge on any atom is -0.295 e. The number of piperidine rings is 1. The molecular weight excluding hydrogens is 266 g/mol. The predicted octanol–water partition coefficient (Wildman–Crippen LogP) is 2.75.